The average molecular weight is 327 g/mol. The first kappa shape index (κ1) is 16.0. The van der Waals surface area contributed by atoms with Crippen molar-refractivity contribution in [1.29, 1.82) is 0 Å². The number of primary amides is 1. The van der Waals surface area contributed by atoms with Gasteiger partial charge < -0.3 is 16.0 Å². The van der Waals surface area contributed by atoms with Gasteiger partial charge in [-0.05, 0) is 42.7 Å². The van der Waals surface area contributed by atoms with Crippen molar-refractivity contribution in [2.75, 3.05) is 23.3 Å². The van der Waals surface area contributed by atoms with Gasteiger partial charge in [0.25, 0.3) is 0 Å². The molecule has 0 unspecified atom stereocenters. The minimum absolute atomic E-state index is 0.0869. The van der Waals surface area contributed by atoms with Crippen LogP contribution in [0.1, 0.15) is 22.3 Å². The molecule has 1 aliphatic heterocycles. The van der Waals surface area contributed by atoms with Crippen LogP contribution in [-0.4, -0.2) is 24.9 Å². The van der Waals surface area contributed by atoms with Crippen molar-refractivity contribution in [2.45, 2.75) is 12.8 Å². The summed E-state index contributed by atoms with van der Waals surface area (Å²) in [4.78, 5) is 25.7. The third kappa shape index (κ3) is 3.22. The molecular formula is C18H18FN3O2. The molecule has 6 heteroatoms. The number of para-hydroxylation sites is 1. The quantitative estimate of drug-likeness (QED) is 0.905. The van der Waals surface area contributed by atoms with E-state index in [0.717, 1.165) is 24.1 Å². The predicted molar refractivity (Wildman–Crippen MR) is 90.5 cm³/mol. The minimum atomic E-state index is -0.471. The third-order valence-corrected chi connectivity index (χ3v) is 4.09. The second-order valence-electron chi connectivity index (χ2n) is 5.72. The highest BCUT2D eigenvalue weighted by molar-refractivity contribution is 5.97. The fourth-order valence-electron chi connectivity index (χ4n) is 3.02. The van der Waals surface area contributed by atoms with Crippen molar-refractivity contribution < 1.29 is 14.0 Å². The second-order valence-corrected chi connectivity index (χ2v) is 5.72. The van der Waals surface area contributed by atoms with Crippen molar-refractivity contribution in [3.63, 3.8) is 0 Å². The normalized spacial score (nSPS) is 13.3. The van der Waals surface area contributed by atoms with Crippen molar-refractivity contribution in [1.82, 2.24) is 0 Å². The molecular weight excluding hydrogens is 309 g/mol. The SMILES string of the molecule is NC(=O)c1cccc2c1CCCN2CC(=O)Nc1ccccc1F. The summed E-state index contributed by atoms with van der Waals surface area (Å²) in [6.07, 6.45) is 1.57. The van der Waals surface area contributed by atoms with E-state index < -0.39 is 11.7 Å². The van der Waals surface area contributed by atoms with Gasteiger partial charge in [-0.2, -0.15) is 0 Å². The van der Waals surface area contributed by atoms with E-state index in [4.69, 9.17) is 5.73 Å². The van der Waals surface area contributed by atoms with Gasteiger partial charge in [0.2, 0.25) is 11.8 Å². The lowest BCUT2D eigenvalue weighted by molar-refractivity contribution is -0.115. The second kappa shape index (κ2) is 6.70. The van der Waals surface area contributed by atoms with Crippen LogP contribution in [0.15, 0.2) is 42.5 Å². The van der Waals surface area contributed by atoms with Crippen molar-refractivity contribution >= 4 is 23.2 Å². The predicted octanol–water partition coefficient (Wildman–Crippen LogP) is 2.32. The lowest BCUT2D eigenvalue weighted by atomic mass is 9.96. The van der Waals surface area contributed by atoms with Crippen LogP contribution in [0.2, 0.25) is 0 Å². The van der Waals surface area contributed by atoms with E-state index in [1.165, 1.54) is 12.1 Å². The van der Waals surface area contributed by atoms with Gasteiger partial charge in [-0.15, -0.1) is 0 Å². The Kier molecular flexibility index (Phi) is 4.46. The van der Waals surface area contributed by atoms with Crippen molar-refractivity contribution in [2.24, 2.45) is 5.73 Å². The molecule has 0 atom stereocenters. The number of benzene rings is 2. The molecule has 2 aromatic rings. The Morgan fingerprint density at radius 2 is 1.96 bits per heavy atom. The van der Waals surface area contributed by atoms with Crippen LogP contribution in [-0.2, 0) is 11.2 Å². The Balaban J connectivity index is 1.78. The highest BCUT2D eigenvalue weighted by Crippen LogP contribution is 2.29. The Hall–Kier alpha value is -2.89. The first-order chi connectivity index (χ1) is 11.6. The number of nitrogens with zero attached hydrogens (tertiary/aromatic N) is 1. The molecule has 0 fully saturated rings. The highest BCUT2D eigenvalue weighted by Gasteiger charge is 2.23. The number of anilines is 2. The molecule has 0 aromatic heterocycles. The topological polar surface area (TPSA) is 75.4 Å². The smallest absolute Gasteiger partial charge is 0.249 e. The van der Waals surface area contributed by atoms with Gasteiger partial charge in [-0.1, -0.05) is 18.2 Å². The van der Waals surface area contributed by atoms with Gasteiger partial charge in [0.1, 0.15) is 5.82 Å². The number of hydrogen-bond acceptors (Lipinski definition) is 3. The monoisotopic (exact) mass is 327 g/mol. The first-order valence-corrected chi connectivity index (χ1v) is 7.77. The van der Waals surface area contributed by atoms with Crippen LogP contribution in [0.3, 0.4) is 0 Å². The largest absolute Gasteiger partial charge is 0.366 e. The number of nitrogens with two attached hydrogens (primary N) is 1. The summed E-state index contributed by atoms with van der Waals surface area (Å²) in [6, 6.07) is 11.4. The summed E-state index contributed by atoms with van der Waals surface area (Å²) in [7, 11) is 0. The maximum Gasteiger partial charge on any atom is 0.249 e. The maximum atomic E-state index is 13.6. The number of halogens is 1. The number of hydrogen-bond donors (Lipinski definition) is 2. The molecule has 0 bridgehead atoms. The summed E-state index contributed by atoms with van der Waals surface area (Å²) in [6.45, 7) is 0.781. The molecule has 3 N–H and O–H groups in total. The molecule has 2 amide bonds. The molecule has 0 saturated heterocycles. The van der Waals surface area contributed by atoms with E-state index in [1.54, 1.807) is 24.3 Å². The van der Waals surface area contributed by atoms with E-state index in [9.17, 15) is 14.0 Å². The molecule has 1 heterocycles. The van der Waals surface area contributed by atoms with Gasteiger partial charge >= 0.3 is 0 Å². The van der Waals surface area contributed by atoms with Crippen LogP contribution >= 0.6 is 0 Å². The Morgan fingerprint density at radius 3 is 2.71 bits per heavy atom. The molecule has 0 saturated carbocycles. The van der Waals surface area contributed by atoms with E-state index in [0.29, 0.717) is 12.1 Å². The summed E-state index contributed by atoms with van der Waals surface area (Å²) in [5.74, 6) is -1.25. The Bertz CT molecular complexity index is 792. The lowest BCUT2D eigenvalue weighted by Gasteiger charge is -2.31. The molecule has 3 rings (SSSR count). The van der Waals surface area contributed by atoms with Gasteiger partial charge in [0.05, 0.1) is 12.2 Å². The Labute approximate surface area is 139 Å². The molecule has 2 aromatic carbocycles. The van der Waals surface area contributed by atoms with Gasteiger partial charge in [-0.3, -0.25) is 9.59 Å². The molecule has 124 valence electrons. The summed E-state index contributed by atoms with van der Waals surface area (Å²) in [5, 5.41) is 2.58. The molecule has 24 heavy (non-hydrogen) atoms. The standard InChI is InChI=1S/C18H18FN3O2/c19-14-7-1-2-8-15(14)21-17(23)11-22-10-4-6-12-13(18(20)24)5-3-9-16(12)22/h1-3,5,7-9H,4,6,10-11H2,(H2,20,24)(H,21,23). The summed E-state index contributed by atoms with van der Waals surface area (Å²) < 4.78 is 13.6. The fraction of sp³-hybridized carbons (Fsp3) is 0.222. The maximum absolute atomic E-state index is 13.6. The van der Waals surface area contributed by atoms with Crippen LogP contribution < -0.4 is 16.0 Å². The number of nitrogens with one attached hydrogen (secondary N) is 1. The van der Waals surface area contributed by atoms with Crippen molar-refractivity contribution in [3.8, 4) is 0 Å². The third-order valence-electron chi connectivity index (χ3n) is 4.09. The zero-order valence-electron chi connectivity index (χ0n) is 13.1. The van der Waals surface area contributed by atoms with E-state index in [1.807, 2.05) is 11.0 Å². The van der Waals surface area contributed by atoms with Crippen molar-refractivity contribution in [3.05, 3.63) is 59.4 Å². The molecule has 1 aliphatic rings. The molecule has 0 aliphatic carbocycles. The van der Waals surface area contributed by atoms with Gasteiger partial charge in [0.15, 0.2) is 0 Å². The van der Waals surface area contributed by atoms with Crippen LogP contribution in [0, 0.1) is 5.82 Å². The fourth-order valence-corrected chi connectivity index (χ4v) is 3.02. The Morgan fingerprint density at radius 1 is 1.17 bits per heavy atom. The van der Waals surface area contributed by atoms with E-state index in [-0.39, 0.29) is 18.1 Å². The molecule has 0 spiro atoms. The molecule has 5 nitrogen and oxygen atoms in total. The number of carbonyl (C=O) groups excluding carboxylic acids is 2. The zero-order chi connectivity index (χ0) is 17.1. The van der Waals surface area contributed by atoms with Gasteiger partial charge in [-0.25, -0.2) is 4.39 Å². The van der Waals surface area contributed by atoms with Gasteiger partial charge in [0, 0.05) is 17.8 Å². The van der Waals surface area contributed by atoms with E-state index >= 15 is 0 Å². The summed E-state index contributed by atoms with van der Waals surface area (Å²) >= 11 is 0. The number of carbonyl (C=O) groups is 2. The number of fused-ring (bicyclic) bond motifs is 1. The number of rotatable bonds is 4. The first-order valence-electron chi connectivity index (χ1n) is 7.77. The van der Waals surface area contributed by atoms with E-state index in [2.05, 4.69) is 5.32 Å². The van der Waals surface area contributed by atoms with Crippen LogP contribution in [0.25, 0.3) is 0 Å². The molecule has 0 radical (unpaired) electrons. The minimum Gasteiger partial charge on any atom is -0.366 e. The zero-order valence-corrected chi connectivity index (χ0v) is 13.1. The summed E-state index contributed by atoms with van der Waals surface area (Å²) in [5.41, 5.74) is 7.78. The lowest BCUT2D eigenvalue weighted by Crippen LogP contribution is -2.37. The average Bonchev–Trinajstić information content (AvgIpc) is 2.56. The van der Waals surface area contributed by atoms with Crippen LogP contribution in [0.5, 0.6) is 0 Å². The van der Waals surface area contributed by atoms with Crippen LogP contribution in [0.4, 0.5) is 15.8 Å². The number of amides is 2. The highest BCUT2D eigenvalue weighted by atomic mass is 19.1.